The number of ether oxygens (including phenoxy) is 1. The lowest BCUT2D eigenvalue weighted by molar-refractivity contribution is -0.137. The summed E-state index contributed by atoms with van der Waals surface area (Å²) in [6.07, 6.45) is 4.81. The van der Waals surface area contributed by atoms with Gasteiger partial charge in [-0.05, 0) is 43.2 Å². The highest BCUT2D eigenvalue weighted by Crippen LogP contribution is 2.26. The molecule has 182 valence electrons. The first-order chi connectivity index (χ1) is 16.9. The third kappa shape index (κ3) is 5.92. The van der Waals surface area contributed by atoms with Crippen LogP contribution in [0, 0.1) is 5.41 Å². The van der Waals surface area contributed by atoms with Crippen LogP contribution in [0.5, 0.6) is 5.75 Å². The number of aromatic nitrogens is 2. The Morgan fingerprint density at radius 1 is 1.17 bits per heavy atom. The smallest absolute Gasteiger partial charge is 0.305 e. The van der Waals surface area contributed by atoms with Crippen LogP contribution >= 0.6 is 11.6 Å². The highest BCUT2D eigenvalue weighted by molar-refractivity contribution is 6.31. The van der Waals surface area contributed by atoms with Crippen molar-refractivity contribution in [1.82, 2.24) is 14.9 Å². The van der Waals surface area contributed by atoms with E-state index in [2.05, 4.69) is 9.88 Å². The number of halogens is 1. The van der Waals surface area contributed by atoms with E-state index in [0.717, 1.165) is 27.8 Å². The zero-order valence-corrected chi connectivity index (χ0v) is 20.3. The number of hydrogen-bond donors (Lipinski definition) is 2. The summed E-state index contributed by atoms with van der Waals surface area (Å²) in [5.74, 6) is 0.478. The highest BCUT2D eigenvalue weighted by atomic mass is 35.5. The number of rotatable bonds is 10. The summed E-state index contributed by atoms with van der Waals surface area (Å²) >= 11 is 6.42. The molecule has 1 atom stereocenters. The molecule has 7 nitrogen and oxygen atoms in total. The molecule has 0 aliphatic heterocycles. The number of carboxylic acids is 1. The molecular weight excluding hydrogens is 466 g/mol. The Bertz CT molecular complexity index is 1340. The van der Waals surface area contributed by atoms with Gasteiger partial charge in [0.2, 0.25) is 5.91 Å². The maximum atomic E-state index is 12.8. The van der Waals surface area contributed by atoms with E-state index in [1.54, 1.807) is 0 Å². The van der Waals surface area contributed by atoms with Crippen LogP contribution in [0.4, 0.5) is 0 Å². The van der Waals surface area contributed by atoms with Crippen molar-refractivity contribution in [2.24, 2.45) is 5.41 Å². The van der Waals surface area contributed by atoms with E-state index < -0.39 is 11.4 Å². The molecule has 2 N–H and O–H groups in total. The van der Waals surface area contributed by atoms with E-state index in [0.29, 0.717) is 31.0 Å². The summed E-state index contributed by atoms with van der Waals surface area (Å²) in [5.41, 5.74) is 0.156. The van der Waals surface area contributed by atoms with Gasteiger partial charge in [-0.3, -0.25) is 9.59 Å². The molecule has 1 aliphatic rings. The molecule has 3 aromatic rings. The fourth-order valence-corrected chi connectivity index (χ4v) is 4.34. The number of hydrogen-bond acceptors (Lipinski definition) is 4. The van der Waals surface area contributed by atoms with Gasteiger partial charge in [0, 0.05) is 18.0 Å². The van der Waals surface area contributed by atoms with Gasteiger partial charge in [-0.1, -0.05) is 54.1 Å². The summed E-state index contributed by atoms with van der Waals surface area (Å²) < 4.78 is 8.06. The van der Waals surface area contributed by atoms with E-state index >= 15 is 0 Å². The maximum absolute atomic E-state index is 12.8. The first kappa shape index (κ1) is 24.5. The summed E-state index contributed by atoms with van der Waals surface area (Å²) in [6, 6.07) is 17.3. The van der Waals surface area contributed by atoms with Crippen LogP contribution in [0.3, 0.4) is 0 Å². The summed E-state index contributed by atoms with van der Waals surface area (Å²) in [7, 11) is 0. The normalized spacial score (nSPS) is 16.5. The van der Waals surface area contributed by atoms with Crippen LogP contribution < -0.4 is 20.8 Å². The third-order valence-electron chi connectivity index (χ3n) is 6.07. The molecule has 0 saturated carbocycles. The maximum Gasteiger partial charge on any atom is 0.305 e. The first-order valence-corrected chi connectivity index (χ1v) is 11.9. The van der Waals surface area contributed by atoms with Crippen molar-refractivity contribution in [2.45, 2.75) is 32.7 Å². The minimum atomic E-state index is -0.947. The van der Waals surface area contributed by atoms with Gasteiger partial charge in [0.15, 0.2) is 0 Å². The molecule has 1 amide bonds. The average Bonchev–Trinajstić information content (AvgIpc) is 3.16. The lowest BCUT2D eigenvalue weighted by Crippen LogP contribution is -2.44. The Kier molecular flexibility index (Phi) is 7.56. The molecule has 1 unspecified atom stereocenters. The van der Waals surface area contributed by atoms with E-state index in [1.807, 2.05) is 73.7 Å². The first-order valence-electron chi connectivity index (χ1n) is 11.6. The van der Waals surface area contributed by atoms with Crippen molar-refractivity contribution in [3.8, 4) is 5.75 Å². The molecule has 35 heavy (non-hydrogen) atoms. The van der Waals surface area contributed by atoms with Crippen LogP contribution in [0.25, 0.3) is 12.2 Å². The molecule has 4 rings (SSSR count). The van der Waals surface area contributed by atoms with Crippen molar-refractivity contribution < 1.29 is 19.4 Å². The lowest BCUT2D eigenvalue weighted by Gasteiger charge is -2.24. The monoisotopic (exact) mass is 493 g/mol. The zero-order valence-electron chi connectivity index (χ0n) is 19.5. The summed E-state index contributed by atoms with van der Waals surface area (Å²) in [6.45, 7) is 2.98. The second-order valence-corrected chi connectivity index (χ2v) is 9.16. The van der Waals surface area contributed by atoms with E-state index in [1.165, 1.54) is 0 Å². The van der Waals surface area contributed by atoms with Gasteiger partial charge < -0.3 is 19.7 Å². The number of fused-ring (bicyclic) bond motifs is 1. The van der Waals surface area contributed by atoms with Crippen LogP contribution in [0.1, 0.15) is 31.2 Å². The Hall–Kier alpha value is -3.58. The second-order valence-electron chi connectivity index (χ2n) is 8.75. The number of carbonyl (C=O) groups is 2. The van der Waals surface area contributed by atoms with Crippen LogP contribution in [0.2, 0.25) is 5.02 Å². The largest absolute Gasteiger partial charge is 0.492 e. The number of nitrogens with zero attached hydrogens (tertiary/aromatic N) is 2. The predicted molar refractivity (Wildman–Crippen MR) is 135 cm³/mol. The Balaban J connectivity index is 1.62. The van der Waals surface area contributed by atoms with E-state index in [-0.39, 0.29) is 18.9 Å². The lowest BCUT2D eigenvalue weighted by atomic mass is 9.83. The Labute approximate surface area is 208 Å². The van der Waals surface area contributed by atoms with Crippen molar-refractivity contribution in [3.63, 3.8) is 0 Å². The number of nitrogens with one attached hydrogen (secondary N) is 1. The summed E-state index contributed by atoms with van der Waals surface area (Å²) in [5, 5.41) is 13.9. The second kappa shape index (κ2) is 10.8. The molecule has 8 heteroatoms. The molecular formula is C27H28ClN3O4. The number of amides is 1. The van der Waals surface area contributed by atoms with Crippen molar-refractivity contribution >= 4 is 35.6 Å². The fraction of sp³-hybridized carbons (Fsp3) is 0.296. The van der Waals surface area contributed by atoms with E-state index in [4.69, 9.17) is 26.4 Å². The molecule has 0 spiro atoms. The molecule has 0 bridgehead atoms. The number of imidazole rings is 1. The van der Waals surface area contributed by atoms with Gasteiger partial charge in [0.25, 0.3) is 0 Å². The molecule has 1 aromatic heterocycles. The predicted octanol–water partition coefficient (Wildman–Crippen LogP) is 2.77. The fourth-order valence-electron chi connectivity index (χ4n) is 4.14. The molecule has 2 aromatic carbocycles. The zero-order chi connectivity index (χ0) is 24.8. The quantitative estimate of drug-likeness (QED) is 0.453. The van der Waals surface area contributed by atoms with E-state index in [9.17, 15) is 9.59 Å². The van der Waals surface area contributed by atoms with Crippen LogP contribution in [-0.4, -0.2) is 39.7 Å². The number of aliphatic carboxylic acids is 1. The molecule has 1 aliphatic carbocycles. The highest BCUT2D eigenvalue weighted by Gasteiger charge is 2.32. The van der Waals surface area contributed by atoms with Gasteiger partial charge in [-0.15, -0.1) is 0 Å². The molecule has 0 fully saturated rings. The van der Waals surface area contributed by atoms with Gasteiger partial charge in [-0.2, -0.15) is 0 Å². The topological polar surface area (TPSA) is 93.5 Å². The third-order valence-corrected chi connectivity index (χ3v) is 6.43. The van der Waals surface area contributed by atoms with Gasteiger partial charge in [0.1, 0.15) is 18.2 Å². The van der Waals surface area contributed by atoms with Gasteiger partial charge >= 0.3 is 5.97 Å². The minimum Gasteiger partial charge on any atom is -0.492 e. The number of carboxylic acid groups (broad SMARTS) is 1. The molecule has 0 radical (unpaired) electrons. The van der Waals surface area contributed by atoms with Crippen LogP contribution in [-0.2, 0) is 22.6 Å². The number of benzene rings is 2. The minimum absolute atomic E-state index is 0.0907. The molecule has 0 saturated heterocycles. The average molecular weight is 494 g/mol. The van der Waals surface area contributed by atoms with Crippen LogP contribution in [0.15, 0.2) is 54.6 Å². The Morgan fingerprint density at radius 3 is 2.66 bits per heavy atom. The molecule has 1 heterocycles. The van der Waals surface area contributed by atoms with Crippen molar-refractivity contribution in [2.75, 3.05) is 13.2 Å². The number of carbonyl (C=O) groups excluding carboxylic acids is 1. The standard InChI is InChI=1S/C27H28ClN3O4/c1-27(26(34)29-14-12-25(32)33)13-11-23-22(18-27)30-24(17-19-7-5-6-10-21(19)28)31(23)15-16-35-20-8-3-2-4-9-20/h2-11,18H,12-17H2,1H3,(H,29,34)(H,32,33). The Morgan fingerprint density at radius 2 is 1.91 bits per heavy atom. The number of para-hydroxylation sites is 1. The van der Waals surface area contributed by atoms with Gasteiger partial charge in [0.05, 0.1) is 29.1 Å². The summed E-state index contributed by atoms with van der Waals surface area (Å²) in [4.78, 5) is 28.5. The van der Waals surface area contributed by atoms with Gasteiger partial charge in [-0.25, -0.2) is 4.98 Å². The van der Waals surface area contributed by atoms with Crippen molar-refractivity contribution in [3.05, 3.63) is 81.7 Å². The SMILES string of the molecule is CC1(C(=O)NCCC(=O)O)C=c2nc(Cc3ccccc3Cl)n(CCOc3ccccc3)c2=CC1. The van der Waals surface area contributed by atoms with Crippen molar-refractivity contribution in [1.29, 1.82) is 0 Å².